The van der Waals surface area contributed by atoms with Gasteiger partial charge in [-0.1, -0.05) is 20.8 Å². The van der Waals surface area contributed by atoms with Crippen LogP contribution in [0.3, 0.4) is 0 Å². The summed E-state index contributed by atoms with van der Waals surface area (Å²) in [5.74, 6) is -0.640. The summed E-state index contributed by atoms with van der Waals surface area (Å²) in [6.45, 7) is 16.4. The van der Waals surface area contributed by atoms with Crippen molar-refractivity contribution in [2.75, 3.05) is 0 Å². The molecule has 0 saturated carbocycles. The maximum absolute atomic E-state index is 12.6. The van der Waals surface area contributed by atoms with E-state index in [2.05, 4.69) is 4.72 Å². The van der Waals surface area contributed by atoms with Crippen LogP contribution >= 0.6 is 22.6 Å². The Bertz CT molecular complexity index is 863. The van der Waals surface area contributed by atoms with Gasteiger partial charge in [-0.2, -0.15) is 13.1 Å². The van der Waals surface area contributed by atoms with Crippen molar-refractivity contribution in [2.45, 2.75) is 84.9 Å². The average Bonchev–Trinajstić information content (AvgIpc) is 2.42. The van der Waals surface area contributed by atoms with Crippen LogP contribution < -0.4 is 14.6 Å². The minimum Gasteiger partial charge on any atom is -0.459 e. The molecule has 0 aliphatic heterocycles. The van der Waals surface area contributed by atoms with Gasteiger partial charge in [-0.05, 0) is 87.2 Å². The third-order valence-electron chi connectivity index (χ3n) is 3.56. The van der Waals surface area contributed by atoms with Crippen molar-refractivity contribution in [3.05, 3.63) is 26.8 Å². The van der Waals surface area contributed by atoms with Crippen molar-refractivity contribution in [1.82, 2.24) is 4.72 Å². The summed E-state index contributed by atoms with van der Waals surface area (Å²) in [4.78, 5) is 12.6. The van der Waals surface area contributed by atoms with Crippen LogP contribution in [0.4, 0.5) is 0 Å². The lowest BCUT2D eigenvalue weighted by Gasteiger charge is -2.27. The third-order valence-corrected chi connectivity index (χ3v) is 5.61. The third kappa shape index (κ3) is 8.39. The fourth-order valence-corrected chi connectivity index (χ4v) is 4.47. The van der Waals surface area contributed by atoms with Crippen molar-refractivity contribution in [2.24, 2.45) is 5.73 Å². The van der Waals surface area contributed by atoms with Gasteiger partial charge in [-0.3, -0.25) is 0 Å². The van der Waals surface area contributed by atoms with Crippen LogP contribution in [0.1, 0.15) is 79.5 Å². The number of nitrogens with two attached hydrogens (primary N) is 1. The highest BCUT2D eigenvalue weighted by molar-refractivity contribution is 14.1. The van der Waals surface area contributed by atoms with E-state index in [1.54, 1.807) is 47.6 Å². The molecule has 0 radical (unpaired) electrons. The molecule has 0 saturated heterocycles. The highest BCUT2D eigenvalue weighted by atomic mass is 127. The second kappa shape index (κ2) is 8.68. The predicted octanol–water partition coefficient (Wildman–Crippen LogP) is 3.94. The van der Waals surface area contributed by atoms with E-state index in [9.17, 15) is 13.2 Å². The molecule has 166 valence electrons. The molecular weight excluding hydrogens is 507 g/mol. The number of carbonyl (C=O) groups excluding carboxylic acids is 1. The van der Waals surface area contributed by atoms with Gasteiger partial charge in [-0.25, -0.2) is 4.79 Å². The minimum absolute atomic E-state index is 0.0220. The van der Waals surface area contributed by atoms with Crippen LogP contribution in [-0.4, -0.2) is 25.5 Å². The summed E-state index contributed by atoms with van der Waals surface area (Å²) < 4.78 is 38.8. The Balaban J connectivity index is 3.54. The second-order valence-corrected chi connectivity index (χ2v) is 12.5. The second-order valence-electron chi connectivity index (χ2n) is 10.0. The zero-order valence-corrected chi connectivity index (χ0v) is 21.6. The molecule has 0 amide bonds. The van der Waals surface area contributed by atoms with Gasteiger partial charge in [0.15, 0.2) is 5.75 Å². The van der Waals surface area contributed by atoms with Gasteiger partial charge in [0.05, 0.1) is 3.57 Å². The van der Waals surface area contributed by atoms with E-state index in [0.717, 1.165) is 5.56 Å². The van der Waals surface area contributed by atoms with E-state index < -0.39 is 33.5 Å². The molecule has 1 unspecified atom stereocenters. The van der Waals surface area contributed by atoms with E-state index >= 15 is 0 Å². The van der Waals surface area contributed by atoms with Gasteiger partial charge >= 0.3 is 16.3 Å². The Labute approximate surface area is 188 Å². The van der Waals surface area contributed by atoms with Crippen LogP contribution in [0, 0.1) is 3.57 Å². The SMILES string of the molecule is CC(C)(C)NS(=O)(=O)Oc1c(I)cc(C(C)(C)C)cc1C(N)C(=O)OC(C)(C)C. The van der Waals surface area contributed by atoms with Crippen molar-refractivity contribution in [3.8, 4) is 5.75 Å². The lowest BCUT2D eigenvalue weighted by atomic mass is 9.85. The molecule has 1 atom stereocenters. The van der Waals surface area contributed by atoms with Gasteiger partial charge < -0.3 is 14.7 Å². The Morgan fingerprint density at radius 1 is 1.07 bits per heavy atom. The first-order valence-corrected chi connectivity index (χ1v) is 11.8. The van der Waals surface area contributed by atoms with Crippen molar-refractivity contribution >= 4 is 38.9 Å². The number of esters is 1. The zero-order valence-electron chi connectivity index (χ0n) is 18.6. The van der Waals surface area contributed by atoms with E-state index in [4.69, 9.17) is 14.7 Å². The van der Waals surface area contributed by atoms with Crippen molar-refractivity contribution in [3.63, 3.8) is 0 Å². The number of rotatable bonds is 5. The number of hydrogen-bond acceptors (Lipinski definition) is 6. The number of ether oxygens (including phenoxy) is 1. The molecule has 29 heavy (non-hydrogen) atoms. The smallest absolute Gasteiger partial charge is 0.383 e. The van der Waals surface area contributed by atoms with Crippen LogP contribution in [-0.2, 0) is 25.3 Å². The number of carbonyl (C=O) groups is 1. The molecule has 0 aliphatic carbocycles. The Kier molecular flexibility index (Phi) is 7.82. The van der Waals surface area contributed by atoms with Gasteiger partial charge in [0, 0.05) is 11.1 Å². The highest BCUT2D eigenvalue weighted by Crippen LogP contribution is 2.37. The molecular formula is C20H33IN2O5S. The first-order valence-electron chi connectivity index (χ1n) is 9.27. The molecule has 0 spiro atoms. The fraction of sp³-hybridized carbons (Fsp3) is 0.650. The molecule has 0 heterocycles. The van der Waals surface area contributed by atoms with E-state index in [1.165, 1.54) is 0 Å². The number of halogens is 1. The Hall–Kier alpha value is -0.910. The quantitative estimate of drug-likeness (QED) is 0.433. The summed E-state index contributed by atoms with van der Waals surface area (Å²) in [6.07, 6.45) is 0. The van der Waals surface area contributed by atoms with Crippen LogP contribution in [0.5, 0.6) is 5.75 Å². The maximum Gasteiger partial charge on any atom is 0.383 e. The van der Waals surface area contributed by atoms with Crippen LogP contribution in [0.25, 0.3) is 0 Å². The molecule has 0 bridgehead atoms. The normalized spacial score (nSPS) is 14.4. The van der Waals surface area contributed by atoms with Gasteiger partial charge in [0.25, 0.3) is 0 Å². The average molecular weight is 540 g/mol. The molecule has 3 N–H and O–H groups in total. The molecule has 1 aromatic rings. The Morgan fingerprint density at radius 2 is 1.59 bits per heavy atom. The molecule has 1 rings (SSSR count). The van der Waals surface area contributed by atoms with Crippen molar-refractivity contribution in [1.29, 1.82) is 0 Å². The van der Waals surface area contributed by atoms with E-state index in [0.29, 0.717) is 3.57 Å². The maximum atomic E-state index is 12.6. The first-order chi connectivity index (χ1) is 12.7. The molecule has 0 aromatic heterocycles. The van der Waals surface area contributed by atoms with Crippen LogP contribution in [0.15, 0.2) is 12.1 Å². The molecule has 0 fully saturated rings. The molecule has 7 nitrogen and oxygen atoms in total. The fourth-order valence-electron chi connectivity index (χ4n) is 2.36. The van der Waals surface area contributed by atoms with E-state index in [-0.39, 0.29) is 16.7 Å². The molecule has 9 heteroatoms. The monoisotopic (exact) mass is 540 g/mol. The summed E-state index contributed by atoms with van der Waals surface area (Å²) >= 11 is 1.99. The van der Waals surface area contributed by atoms with E-state index in [1.807, 2.05) is 49.4 Å². The number of hydrogen-bond donors (Lipinski definition) is 2. The lowest BCUT2D eigenvalue weighted by Crippen LogP contribution is -2.43. The van der Waals surface area contributed by atoms with Gasteiger partial charge in [0.2, 0.25) is 0 Å². The summed E-state index contributed by atoms with van der Waals surface area (Å²) in [5.41, 5.74) is 5.64. The summed E-state index contributed by atoms with van der Waals surface area (Å²) in [7, 11) is -4.14. The Morgan fingerprint density at radius 3 is 2.00 bits per heavy atom. The predicted molar refractivity (Wildman–Crippen MR) is 123 cm³/mol. The lowest BCUT2D eigenvalue weighted by molar-refractivity contribution is -0.156. The molecule has 1 aromatic carbocycles. The molecule has 0 aliphatic rings. The largest absolute Gasteiger partial charge is 0.459 e. The minimum atomic E-state index is -4.14. The number of benzene rings is 1. The van der Waals surface area contributed by atoms with Crippen LogP contribution in [0.2, 0.25) is 0 Å². The number of nitrogens with one attached hydrogen (secondary N) is 1. The summed E-state index contributed by atoms with van der Waals surface area (Å²) in [6, 6.07) is 2.33. The first kappa shape index (κ1) is 26.1. The van der Waals surface area contributed by atoms with Gasteiger partial charge in [-0.15, -0.1) is 0 Å². The van der Waals surface area contributed by atoms with Gasteiger partial charge in [0.1, 0.15) is 11.6 Å². The highest BCUT2D eigenvalue weighted by Gasteiger charge is 2.31. The van der Waals surface area contributed by atoms with Crippen molar-refractivity contribution < 1.29 is 22.1 Å². The standard InChI is InChI=1S/C20H33IN2O5S/c1-18(2,3)12-10-13(15(22)17(24)27-20(7,8)9)16(14(21)11-12)28-29(25,26)23-19(4,5)6/h10-11,15,23H,22H2,1-9H3. The summed E-state index contributed by atoms with van der Waals surface area (Å²) in [5, 5.41) is 0. The topological polar surface area (TPSA) is 108 Å². The zero-order chi connectivity index (χ0) is 23.0.